The van der Waals surface area contributed by atoms with Gasteiger partial charge in [0.1, 0.15) is 0 Å². The Kier molecular flexibility index (Phi) is 12.1. The lowest BCUT2D eigenvalue weighted by Crippen LogP contribution is -1.99. The molecule has 0 aliphatic rings. The molecule has 0 aromatic heterocycles. The highest BCUT2D eigenvalue weighted by atomic mass is 16.6. The summed E-state index contributed by atoms with van der Waals surface area (Å²) in [5.74, 6) is -0.708. The Balaban J connectivity index is 3.12. The number of rotatable bonds is 13. The highest BCUT2D eigenvalue weighted by Crippen LogP contribution is 2.08. The van der Waals surface area contributed by atoms with Gasteiger partial charge in [-0.05, 0) is 32.1 Å². The monoisotopic (exact) mass is 271 g/mol. The molecule has 0 amide bonds. The van der Waals surface area contributed by atoms with E-state index >= 15 is 0 Å². The van der Waals surface area contributed by atoms with Gasteiger partial charge in [-0.2, -0.15) is 0 Å². The van der Waals surface area contributed by atoms with Crippen LogP contribution in [0.5, 0.6) is 0 Å². The van der Waals surface area contributed by atoms with E-state index < -0.39 is 5.97 Å². The van der Waals surface area contributed by atoms with Crippen molar-refractivity contribution in [3.63, 3.8) is 0 Å². The number of unbranched alkanes of at least 4 members (excludes halogenated alkanes) is 7. The van der Waals surface area contributed by atoms with Crippen LogP contribution in [0.25, 0.3) is 0 Å². The molecule has 19 heavy (non-hydrogen) atoms. The van der Waals surface area contributed by atoms with Crippen LogP contribution in [0.15, 0.2) is 12.2 Å². The highest BCUT2D eigenvalue weighted by Gasteiger charge is 1.96. The Morgan fingerprint density at radius 1 is 0.947 bits per heavy atom. The van der Waals surface area contributed by atoms with Crippen molar-refractivity contribution in [3.05, 3.63) is 22.3 Å². The normalized spacial score (nSPS) is 10.9. The minimum absolute atomic E-state index is 0.0736. The zero-order chi connectivity index (χ0) is 14.3. The van der Waals surface area contributed by atoms with E-state index in [9.17, 15) is 14.9 Å². The SMILES string of the molecule is O=C(O)CCCCCCCC=CCCCC[N+](=O)[O-]. The van der Waals surface area contributed by atoms with Crippen molar-refractivity contribution in [2.45, 2.75) is 64.2 Å². The van der Waals surface area contributed by atoms with Crippen molar-refractivity contribution in [2.24, 2.45) is 0 Å². The van der Waals surface area contributed by atoms with Crippen LogP contribution in [0.3, 0.4) is 0 Å². The van der Waals surface area contributed by atoms with E-state index in [4.69, 9.17) is 5.11 Å². The summed E-state index contributed by atoms with van der Waals surface area (Å²) in [6.45, 7) is 0.0736. The molecule has 110 valence electrons. The molecule has 0 aliphatic carbocycles. The van der Waals surface area contributed by atoms with Crippen LogP contribution in [0.2, 0.25) is 0 Å². The average molecular weight is 271 g/mol. The molecule has 0 aromatic rings. The molecule has 0 fully saturated rings. The molecule has 0 unspecified atom stereocenters. The third-order valence-corrected chi connectivity index (χ3v) is 2.89. The lowest BCUT2D eigenvalue weighted by molar-refractivity contribution is -0.480. The highest BCUT2D eigenvalue weighted by molar-refractivity contribution is 5.66. The van der Waals surface area contributed by atoms with Gasteiger partial charge in [0.2, 0.25) is 6.54 Å². The standard InChI is InChI=1S/C14H25NO4/c16-14(17)12-10-8-6-4-2-1-3-5-7-9-11-13-15(18)19/h3,5H,1-2,4,6-13H2,(H,16,17). The Bertz CT molecular complexity index is 277. The number of aliphatic carboxylic acids is 1. The molecule has 0 saturated heterocycles. The summed E-state index contributed by atoms with van der Waals surface area (Å²) >= 11 is 0. The van der Waals surface area contributed by atoms with E-state index in [1.807, 2.05) is 0 Å². The fraction of sp³-hybridized carbons (Fsp3) is 0.786. The van der Waals surface area contributed by atoms with Gasteiger partial charge in [0.15, 0.2) is 0 Å². The second-order valence-corrected chi connectivity index (χ2v) is 4.72. The van der Waals surface area contributed by atoms with Gasteiger partial charge in [-0.1, -0.05) is 31.4 Å². The van der Waals surface area contributed by atoms with Crippen molar-refractivity contribution in [1.29, 1.82) is 0 Å². The minimum atomic E-state index is -0.708. The number of nitro groups is 1. The molecular formula is C14H25NO4. The molecule has 1 N–H and O–H groups in total. The quantitative estimate of drug-likeness (QED) is 0.239. The molecule has 0 saturated carbocycles. The summed E-state index contributed by atoms with van der Waals surface area (Å²) in [5, 5.41) is 18.5. The van der Waals surface area contributed by atoms with Gasteiger partial charge in [0.25, 0.3) is 0 Å². The third kappa shape index (κ3) is 16.6. The number of nitrogens with zero attached hydrogens (tertiary/aromatic N) is 1. The number of carbonyl (C=O) groups is 1. The molecule has 0 radical (unpaired) electrons. The van der Waals surface area contributed by atoms with Crippen LogP contribution in [0, 0.1) is 10.1 Å². The molecule has 0 spiro atoms. The maximum absolute atomic E-state index is 10.3. The maximum Gasteiger partial charge on any atom is 0.303 e. The number of carboxylic acid groups (broad SMARTS) is 1. The van der Waals surface area contributed by atoms with Crippen LogP contribution in [-0.2, 0) is 4.79 Å². The largest absolute Gasteiger partial charge is 0.481 e. The Labute approximate surface area is 114 Å². The zero-order valence-corrected chi connectivity index (χ0v) is 11.6. The molecule has 5 nitrogen and oxygen atoms in total. The molecule has 0 rings (SSSR count). The fourth-order valence-corrected chi connectivity index (χ4v) is 1.81. The Morgan fingerprint density at radius 2 is 1.47 bits per heavy atom. The van der Waals surface area contributed by atoms with Crippen LogP contribution >= 0.6 is 0 Å². The summed E-state index contributed by atoms with van der Waals surface area (Å²) in [6.07, 6.45) is 13.2. The maximum atomic E-state index is 10.3. The average Bonchev–Trinajstić information content (AvgIpc) is 2.34. The van der Waals surface area contributed by atoms with Crippen LogP contribution < -0.4 is 0 Å². The minimum Gasteiger partial charge on any atom is -0.481 e. The van der Waals surface area contributed by atoms with Crippen molar-refractivity contribution < 1.29 is 14.8 Å². The van der Waals surface area contributed by atoms with Crippen molar-refractivity contribution in [2.75, 3.05) is 6.54 Å². The number of hydrogen-bond donors (Lipinski definition) is 1. The van der Waals surface area contributed by atoms with Crippen LogP contribution in [-0.4, -0.2) is 22.5 Å². The second-order valence-electron chi connectivity index (χ2n) is 4.72. The van der Waals surface area contributed by atoms with Gasteiger partial charge in [0.05, 0.1) is 0 Å². The number of allylic oxidation sites excluding steroid dienone is 2. The topological polar surface area (TPSA) is 80.4 Å². The van der Waals surface area contributed by atoms with Gasteiger partial charge in [0, 0.05) is 17.8 Å². The van der Waals surface area contributed by atoms with E-state index in [0.29, 0.717) is 6.42 Å². The van der Waals surface area contributed by atoms with E-state index in [1.165, 1.54) is 0 Å². The first-order valence-electron chi connectivity index (χ1n) is 7.11. The Morgan fingerprint density at radius 3 is 2.05 bits per heavy atom. The lowest BCUT2D eigenvalue weighted by Gasteiger charge is -1.98. The van der Waals surface area contributed by atoms with Gasteiger partial charge < -0.3 is 5.11 Å². The smallest absolute Gasteiger partial charge is 0.303 e. The molecule has 0 heterocycles. The summed E-state index contributed by atoms with van der Waals surface area (Å²) < 4.78 is 0. The van der Waals surface area contributed by atoms with Gasteiger partial charge >= 0.3 is 5.97 Å². The van der Waals surface area contributed by atoms with Gasteiger partial charge in [-0.3, -0.25) is 14.9 Å². The second kappa shape index (κ2) is 13.1. The van der Waals surface area contributed by atoms with E-state index in [2.05, 4.69) is 12.2 Å². The van der Waals surface area contributed by atoms with Gasteiger partial charge in [-0.15, -0.1) is 0 Å². The first-order chi connectivity index (χ1) is 9.13. The van der Waals surface area contributed by atoms with Crippen LogP contribution in [0.4, 0.5) is 0 Å². The van der Waals surface area contributed by atoms with Crippen molar-refractivity contribution in [1.82, 2.24) is 0 Å². The number of carboxylic acids is 1. The van der Waals surface area contributed by atoms with E-state index in [-0.39, 0.29) is 17.9 Å². The summed E-state index contributed by atoms with van der Waals surface area (Å²) in [5.41, 5.74) is 0. The van der Waals surface area contributed by atoms with Gasteiger partial charge in [-0.25, -0.2) is 0 Å². The van der Waals surface area contributed by atoms with E-state index in [1.54, 1.807) is 0 Å². The molecule has 0 bridgehead atoms. The van der Waals surface area contributed by atoms with Crippen LogP contribution in [0.1, 0.15) is 64.2 Å². The number of hydrogen-bond acceptors (Lipinski definition) is 3. The Hall–Kier alpha value is -1.39. The zero-order valence-electron chi connectivity index (χ0n) is 11.6. The summed E-state index contributed by atoms with van der Waals surface area (Å²) in [6, 6.07) is 0. The van der Waals surface area contributed by atoms with Crippen molar-refractivity contribution >= 4 is 5.97 Å². The predicted octanol–water partition coefficient (Wildman–Crippen LogP) is 3.80. The molecule has 0 atom stereocenters. The molecule has 5 heteroatoms. The fourth-order valence-electron chi connectivity index (χ4n) is 1.81. The first kappa shape index (κ1) is 17.6. The first-order valence-corrected chi connectivity index (χ1v) is 7.11. The third-order valence-electron chi connectivity index (χ3n) is 2.89. The molecule has 0 aromatic carbocycles. The predicted molar refractivity (Wildman–Crippen MR) is 74.8 cm³/mol. The van der Waals surface area contributed by atoms with Crippen molar-refractivity contribution in [3.8, 4) is 0 Å². The molecule has 0 aliphatic heterocycles. The lowest BCUT2D eigenvalue weighted by atomic mass is 10.1. The van der Waals surface area contributed by atoms with E-state index in [0.717, 1.165) is 51.4 Å². The summed E-state index contributed by atoms with van der Waals surface area (Å²) in [4.78, 5) is 20.1. The summed E-state index contributed by atoms with van der Waals surface area (Å²) in [7, 11) is 0. The molecular weight excluding hydrogens is 246 g/mol.